The highest BCUT2D eigenvalue weighted by Gasteiger charge is 2.30. The van der Waals surface area contributed by atoms with E-state index in [2.05, 4.69) is 0 Å². The van der Waals surface area contributed by atoms with Crippen molar-refractivity contribution in [3.8, 4) is 0 Å². The third-order valence-corrected chi connectivity index (χ3v) is 3.23. The number of hydrogen-bond donors (Lipinski definition) is 0. The summed E-state index contributed by atoms with van der Waals surface area (Å²) in [4.78, 5) is 34.9. The van der Waals surface area contributed by atoms with E-state index in [1.165, 1.54) is 7.11 Å². The highest BCUT2D eigenvalue weighted by Crippen LogP contribution is 2.25. The number of hydrogen-bond acceptors (Lipinski definition) is 5. The maximum absolute atomic E-state index is 11.9. The number of ether oxygens (including phenoxy) is 2. The van der Waals surface area contributed by atoms with Crippen LogP contribution in [-0.2, 0) is 24.5 Å². The van der Waals surface area contributed by atoms with E-state index in [9.17, 15) is 14.4 Å². The summed E-state index contributed by atoms with van der Waals surface area (Å²) < 4.78 is 9.50. The molecule has 0 unspecified atom stereocenters. The molecule has 0 bridgehead atoms. The minimum absolute atomic E-state index is 0.248. The minimum Gasteiger partial charge on any atom is -0.468 e. The molecule has 21 heavy (non-hydrogen) atoms. The lowest BCUT2D eigenvalue weighted by Crippen LogP contribution is -2.30. The third kappa shape index (κ3) is 4.15. The molecule has 0 saturated carbocycles. The SMILES string of the molecule is CCOC(=O)CC(=O)c1ccc(C(C)(C)C(=O)OC)cc1. The fourth-order valence-corrected chi connectivity index (χ4v) is 1.89. The molecule has 1 aromatic rings. The Hall–Kier alpha value is -2.17. The van der Waals surface area contributed by atoms with E-state index in [4.69, 9.17) is 9.47 Å². The number of benzene rings is 1. The second-order valence-corrected chi connectivity index (χ2v) is 5.10. The quantitative estimate of drug-likeness (QED) is 0.457. The van der Waals surface area contributed by atoms with Crippen molar-refractivity contribution < 1.29 is 23.9 Å². The highest BCUT2D eigenvalue weighted by molar-refractivity contribution is 6.06. The van der Waals surface area contributed by atoms with Crippen LogP contribution in [0.1, 0.15) is 43.1 Å². The maximum Gasteiger partial charge on any atom is 0.315 e. The molecule has 0 aliphatic rings. The zero-order chi connectivity index (χ0) is 16.0. The van der Waals surface area contributed by atoms with Crippen molar-refractivity contribution in [3.63, 3.8) is 0 Å². The van der Waals surface area contributed by atoms with Crippen LogP contribution in [0.4, 0.5) is 0 Å². The second kappa shape index (κ2) is 7.02. The summed E-state index contributed by atoms with van der Waals surface area (Å²) in [7, 11) is 1.33. The van der Waals surface area contributed by atoms with Crippen molar-refractivity contribution in [2.45, 2.75) is 32.6 Å². The Morgan fingerprint density at radius 1 is 1.10 bits per heavy atom. The fourth-order valence-electron chi connectivity index (χ4n) is 1.89. The van der Waals surface area contributed by atoms with Crippen molar-refractivity contribution in [3.05, 3.63) is 35.4 Å². The van der Waals surface area contributed by atoms with Crippen molar-refractivity contribution in [1.29, 1.82) is 0 Å². The first-order valence-electron chi connectivity index (χ1n) is 6.70. The Morgan fingerprint density at radius 2 is 1.67 bits per heavy atom. The summed E-state index contributed by atoms with van der Waals surface area (Å²) in [6, 6.07) is 6.58. The van der Waals surface area contributed by atoms with Gasteiger partial charge >= 0.3 is 11.9 Å². The summed E-state index contributed by atoms with van der Waals surface area (Å²) >= 11 is 0. The largest absolute Gasteiger partial charge is 0.468 e. The zero-order valence-electron chi connectivity index (χ0n) is 12.8. The van der Waals surface area contributed by atoms with Crippen LogP contribution in [0.25, 0.3) is 0 Å². The third-order valence-electron chi connectivity index (χ3n) is 3.23. The van der Waals surface area contributed by atoms with Crippen LogP contribution >= 0.6 is 0 Å². The zero-order valence-corrected chi connectivity index (χ0v) is 12.8. The van der Waals surface area contributed by atoms with Gasteiger partial charge < -0.3 is 9.47 Å². The molecule has 0 radical (unpaired) electrons. The van der Waals surface area contributed by atoms with Crippen LogP contribution in [0.3, 0.4) is 0 Å². The Bertz CT molecular complexity index is 528. The van der Waals surface area contributed by atoms with Crippen LogP contribution in [-0.4, -0.2) is 31.4 Å². The monoisotopic (exact) mass is 292 g/mol. The number of carbonyl (C=O) groups is 3. The first kappa shape index (κ1) is 16.9. The second-order valence-electron chi connectivity index (χ2n) is 5.10. The molecule has 0 heterocycles. The van der Waals surface area contributed by atoms with E-state index in [1.54, 1.807) is 45.0 Å². The van der Waals surface area contributed by atoms with Crippen molar-refractivity contribution >= 4 is 17.7 Å². The number of methoxy groups -OCH3 is 1. The summed E-state index contributed by atoms with van der Waals surface area (Å²) in [5, 5.41) is 0. The number of carbonyl (C=O) groups excluding carboxylic acids is 3. The summed E-state index contributed by atoms with van der Waals surface area (Å²) in [5.74, 6) is -1.20. The van der Waals surface area contributed by atoms with Gasteiger partial charge in [0.05, 0.1) is 19.1 Å². The molecule has 0 spiro atoms. The molecule has 0 aromatic heterocycles. The first-order valence-corrected chi connectivity index (χ1v) is 6.70. The van der Waals surface area contributed by atoms with E-state index in [0.29, 0.717) is 5.56 Å². The van der Waals surface area contributed by atoms with E-state index < -0.39 is 11.4 Å². The van der Waals surface area contributed by atoms with Crippen LogP contribution in [0.2, 0.25) is 0 Å². The smallest absolute Gasteiger partial charge is 0.315 e. The lowest BCUT2D eigenvalue weighted by atomic mass is 9.84. The van der Waals surface area contributed by atoms with Gasteiger partial charge in [0.1, 0.15) is 6.42 Å². The molecule has 0 aliphatic heterocycles. The molecule has 0 N–H and O–H groups in total. The molecule has 0 atom stereocenters. The molecule has 0 amide bonds. The van der Waals surface area contributed by atoms with Crippen molar-refractivity contribution in [2.24, 2.45) is 0 Å². The summed E-state index contributed by atoms with van der Waals surface area (Å²) in [6.07, 6.45) is -0.284. The standard InChI is InChI=1S/C16H20O5/c1-5-21-14(18)10-13(17)11-6-8-12(9-7-11)16(2,3)15(19)20-4/h6-9H,5,10H2,1-4H3. The van der Waals surface area contributed by atoms with Gasteiger partial charge in [0.25, 0.3) is 0 Å². The van der Waals surface area contributed by atoms with Gasteiger partial charge in [-0.2, -0.15) is 0 Å². The van der Waals surface area contributed by atoms with E-state index >= 15 is 0 Å². The van der Waals surface area contributed by atoms with E-state index in [0.717, 1.165) is 5.56 Å². The van der Waals surface area contributed by atoms with Gasteiger partial charge in [-0.25, -0.2) is 0 Å². The maximum atomic E-state index is 11.9. The molecule has 0 saturated heterocycles. The van der Waals surface area contributed by atoms with E-state index in [-0.39, 0.29) is 24.8 Å². The summed E-state index contributed by atoms with van der Waals surface area (Å²) in [6.45, 7) is 5.42. The Balaban J connectivity index is 2.85. The normalized spacial score (nSPS) is 10.9. The van der Waals surface area contributed by atoms with Crippen molar-refractivity contribution in [1.82, 2.24) is 0 Å². The van der Waals surface area contributed by atoms with Gasteiger partial charge in [0, 0.05) is 5.56 Å². The minimum atomic E-state index is -0.794. The van der Waals surface area contributed by atoms with Gasteiger partial charge in [-0.15, -0.1) is 0 Å². The summed E-state index contributed by atoms with van der Waals surface area (Å²) in [5.41, 5.74) is 0.354. The lowest BCUT2D eigenvalue weighted by molar-refractivity contribution is -0.146. The molecule has 114 valence electrons. The lowest BCUT2D eigenvalue weighted by Gasteiger charge is -2.22. The average molecular weight is 292 g/mol. The van der Waals surface area contributed by atoms with Crippen LogP contribution in [0.5, 0.6) is 0 Å². The Labute approximate surface area is 124 Å². The van der Waals surface area contributed by atoms with Crippen LogP contribution in [0.15, 0.2) is 24.3 Å². The molecular formula is C16H20O5. The fraction of sp³-hybridized carbons (Fsp3) is 0.438. The van der Waals surface area contributed by atoms with Gasteiger partial charge in [0.15, 0.2) is 5.78 Å². The molecule has 5 heteroatoms. The number of rotatable bonds is 6. The van der Waals surface area contributed by atoms with Gasteiger partial charge in [-0.1, -0.05) is 24.3 Å². The predicted octanol–water partition coefficient (Wildman–Crippen LogP) is 2.27. The number of ketones is 1. The Morgan fingerprint density at radius 3 is 2.14 bits per heavy atom. The molecule has 1 rings (SSSR count). The van der Waals surface area contributed by atoms with E-state index in [1.807, 2.05) is 0 Å². The molecule has 0 fully saturated rings. The van der Waals surface area contributed by atoms with Gasteiger partial charge in [-0.05, 0) is 26.3 Å². The number of esters is 2. The molecular weight excluding hydrogens is 272 g/mol. The molecule has 0 aliphatic carbocycles. The van der Waals surface area contributed by atoms with Crippen molar-refractivity contribution in [2.75, 3.05) is 13.7 Å². The number of Topliss-reactive ketones (excluding diaryl/α,β-unsaturated/α-hetero) is 1. The Kier molecular flexibility index (Phi) is 5.64. The average Bonchev–Trinajstić information content (AvgIpc) is 2.46. The first-order chi connectivity index (χ1) is 9.82. The topological polar surface area (TPSA) is 69.7 Å². The molecule has 5 nitrogen and oxygen atoms in total. The highest BCUT2D eigenvalue weighted by atomic mass is 16.5. The van der Waals surface area contributed by atoms with Gasteiger partial charge in [0.2, 0.25) is 0 Å². The molecule has 1 aromatic carbocycles. The predicted molar refractivity (Wildman–Crippen MR) is 77.1 cm³/mol. The van der Waals surface area contributed by atoms with Crippen LogP contribution in [0, 0.1) is 0 Å². The van der Waals surface area contributed by atoms with Gasteiger partial charge in [-0.3, -0.25) is 14.4 Å². The van der Waals surface area contributed by atoms with Crippen LogP contribution < -0.4 is 0 Å².